The number of amides is 3. The third-order valence-corrected chi connectivity index (χ3v) is 4.32. The van der Waals surface area contributed by atoms with E-state index in [2.05, 4.69) is 10.6 Å². The first-order valence-corrected chi connectivity index (χ1v) is 8.89. The zero-order valence-electron chi connectivity index (χ0n) is 14.6. The van der Waals surface area contributed by atoms with Crippen LogP contribution in [0.2, 0.25) is 0 Å². The van der Waals surface area contributed by atoms with Crippen LogP contribution in [0.25, 0.3) is 0 Å². The third-order valence-electron chi connectivity index (χ3n) is 4.32. The van der Waals surface area contributed by atoms with E-state index in [-0.39, 0.29) is 12.5 Å². The number of aryl methyl sites for hydroxylation is 1. The number of esters is 1. The molecule has 1 atom stereocenters. The fourth-order valence-corrected chi connectivity index (χ4v) is 2.88. The van der Waals surface area contributed by atoms with Gasteiger partial charge in [-0.2, -0.15) is 0 Å². The second-order valence-electron chi connectivity index (χ2n) is 6.42. The SMILES string of the molecule is C[C@@H](OC(=O)CCc1ccccc1)C(=O)NC(=O)NC1CCCCC1. The predicted octanol–water partition coefficient (Wildman–Crippen LogP) is 2.71. The molecule has 0 radical (unpaired) electrons. The van der Waals surface area contributed by atoms with Gasteiger partial charge in [0.25, 0.3) is 5.91 Å². The lowest BCUT2D eigenvalue weighted by Crippen LogP contribution is -2.48. The van der Waals surface area contributed by atoms with E-state index < -0.39 is 24.0 Å². The quantitative estimate of drug-likeness (QED) is 0.776. The number of ether oxygens (including phenoxy) is 1. The molecule has 2 N–H and O–H groups in total. The van der Waals surface area contributed by atoms with Gasteiger partial charge >= 0.3 is 12.0 Å². The molecule has 1 saturated carbocycles. The molecule has 1 aliphatic rings. The molecule has 0 heterocycles. The average molecular weight is 346 g/mol. The van der Waals surface area contributed by atoms with Crippen LogP contribution in [-0.2, 0) is 20.7 Å². The molecule has 3 amide bonds. The minimum absolute atomic E-state index is 0.116. The predicted molar refractivity (Wildman–Crippen MR) is 93.9 cm³/mol. The monoisotopic (exact) mass is 346 g/mol. The van der Waals surface area contributed by atoms with Gasteiger partial charge in [0, 0.05) is 12.5 Å². The van der Waals surface area contributed by atoms with E-state index in [1.54, 1.807) is 0 Å². The molecule has 6 heteroatoms. The summed E-state index contributed by atoms with van der Waals surface area (Å²) in [5.41, 5.74) is 1.03. The summed E-state index contributed by atoms with van der Waals surface area (Å²) in [7, 11) is 0. The van der Waals surface area contributed by atoms with E-state index in [9.17, 15) is 14.4 Å². The number of rotatable bonds is 6. The standard InChI is InChI=1S/C19H26N2O4/c1-14(25-17(22)13-12-15-8-4-2-5-9-15)18(23)21-19(24)20-16-10-6-3-7-11-16/h2,4-5,8-9,14,16H,3,6-7,10-13H2,1H3,(H2,20,21,23,24)/t14-/m1/s1. The Balaban J connectivity index is 1.68. The summed E-state index contributed by atoms with van der Waals surface area (Å²) in [6.07, 6.45) is 4.99. The first-order chi connectivity index (χ1) is 12.0. The molecule has 0 bridgehead atoms. The van der Waals surface area contributed by atoms with E-state index in [1.807, 2.05) is 30.3 Å². The Morgan fingerprint density at radius 2 is 1.80 bits per heavy atom. The number of carbonyl (C=O) groups excluding carboxylic acids is 3. The van der Waals surface area contributed by atoms with Crippen LogP contribution in [0.5, 0.6) is 0 Å². The molecule has 0 unspecified atom stereocenters. The number of urea groups is 1. The number of hydrogen-bond acceptors (Lipinski definition) is 4. The summed E-state index contributed by atoms with van der Waals surface area (Å²) < 4.78 is 5.09. The third kappa shape index (κ3) is 6.95. The van der Waals surface area contributed by atoms with Gasteiger partial charge in [-0.05, 0) is 31.7 Å². The highest BCUT2D eigenvalue weighted by Gasteiger charge is 2.22. The fraction of sp³-hybridized carbons (Fsp3) is 0.526. The van der Waals surface area contributed by atoms with E-state index >= 15 is 0 Å². The van der Waals surface area contributed by atoms with Gasteiger partial charge in [-0.3, -0.25) is 14.9 Å². The number of imide groups is 1. The molecular formula is C19H26N2O4. The van der Waals surface area contributed by atoms with Crippen LogP contribution >= 0.6 is 0 Å². The first-order valence-electron chi connectivity index (χ1n) is 8.89. The van der Waals surface area contributed by atoms with Crippen LogP contribution in [0.15, 0.2) is 30.3 Å². The lowest BCUT2D eigenvalue weighted by atomic mass is 9.96. The highest BCUT2D eigenvalue weighted by Crippen LogP contribution is 2.17. The Morgan fingerprint density at radius 3 is 2.48 bits per heavy atom. The van der Waals surface area contributed by atoms with E-state index in [0.717, 1.165) is 31.2 Å². The van der Waals surface area contributed by atoms with Crippen molar-refractivity contribution in [2.75, 3.05) is 0 Å². The minimum atomic E-state index is -1.000. The molecule has 136 valence electrons. The van der Waals surface area contributed by atoms with Gasteiger partial charge in [-0.1, -0.05) is 49.6 Å². The van der Waals surface area contributed by atoms with Crippen molar-refractivity contribution in [3.8, 4) is 0 Å². The van der Waals surface area contributed by atoms with Crippen LogP contribution in [0.1, 0.15) is 51.0 Å². The van der Waals surface area contributed by atoms with Crippen LogP contribution in [0.3, 0.4) is 0 Å². The van der Waals surface area contributed by atoms with Crippen molar-refractivity contribution in [1.82, 2.24) is 10.6 Å². The normalized spacial score (nSPS) is 15.9. The van der Waals surface area contributed by atoms with Gasteiger partial charge in [0.05, 0.1) is 0 Å². The van der Waals surface area contributed by atoms with Gasteiger partial charge in [0.2, 0.25) is 0 Å². The largest absolute Gasteiger partial charge is 0.453 e. The zero-order chi connectivity index (χ0) is 18.1. The highest BCUT2D eigenvalue weighted by atomic mass is 16.5. The highest BCUT2D eigenvalue weighted by molar-refractivity contribution is 5.97. The number of benzene rings is 1. The maximum atomic E-state index is 12.0. The summed E-state index contributed by atoms with van der Waals surface area (Å²) in [5.74, 6) is -1.07. The lowest BCUT2D eigenvalue weighted by molar-refractivity contribution is -0.154. The smallest absolute Gasteiger partial charge is 0.321 e. The number of hydrogen-bond donors (Lipinski definition) is 2. The second kappa shape index (κ2) is 9.81. The molecule has 1 aromatic rings. The van der Waals surface area contributed by atoms with Gasteiger partial charge in [0.15, 0.2) is 6.10 Å². The van der Waals surface area contributed by atoms with Crippen LogP contribution in [-0.4, -0.2) is 30.1 Å². The molecule has 0 saturated heterocycles. The molecule has 6 nitrogen and oxygen atoms in total. The fourth-order valence-electron chi connectivity index (χ4n) is 2.88. The van der Waals surface area contributed by atoms with Gasteiger partial charge < -0.3 is 10.1 Å². The van der Waals surface area contributed by atoms with Crippen molar-refractivity contribution in [2.45, 2.75) is 64.0 Å². The van der Waals surface area contributed by atoms with Gasteiger partial charge in [-0.25, -0.2) is 4.79 Å². The molecule has 1 aliphatic carbocycles. The Morgan fingerprint density at radius 1 is 1.12 bits per heavy atom. The molecule has 1 fully saturated rings. The van der Waals surface area contributed by atoms with Crippen molar-refractivity contribution in [3.05, 3.63) is 35.9 Å². The molecule has 0 aromatic heterocycles. The Hall–Kier alpha value is -2.37. The Labute approximate surface area is 148 Å². The lowest BCUT2D eigenvalue weighted by Gasteiger charge is -2.23. The summed E-state index contributed by atoms with van der Waals surface area (Å²) in [6.45, 7) is 1.46. The van der Waals surface area contributed by atoms with Crippen LogP contribution < -0.4 is 10.6 Å². The Kier molecular flexibility index (Phi) is 7.44. The zero-order valence-corrected chi connectivity index (χ0v) is 14.6. The number of carbonyl (C=O) groups is 3. The summed E-state index contributed by atoms with van der Waals surface area (Å²) in [6, 6.07) is 9.17. The van der Waals surface area contributed by atoms with Crippen molar-refractivity contribution in [3.63, 3.8) is 0 Å². The van der Waals surface area contributed by atoms with Gasteiger partial charge in [0.1, 0.15) is 0 Å². The molecule has 0 aliphatic heterocycles. The summed E-state index contributed by atoms with van der Waals surface area (Å²) in [5, 5.41) is 5.03. The summed E-state index contributed by atoms with van der Waals surface area (Å²) >= 11 is 0. The second-order valence-corrected chi connectivity index (χ2v) is 6.42. The topological polar surface area (TPSA) is 84.5 Å². The first kappa shape index (κ1) is 19.0. The van der Waals surface area contributed by atoms with Gasteiger partial charge in [-0.15, -0.1) is 0 Å². The van der Waals surface area contributed by atoms with E-state index in [1.165, 1.54) is 13.3 Å². The molecule has 1 aromatic carbocycles. The number of nitrogens with one attached hydrogen (secondary N) is 2. The van der Waals surface area contributed by atoms with Crippen molar-refractivity contribution >= 4 is 17.9 Å². The van der Waals surface area contributed by atoms with E-state index in [4.69, 9.17) is 4.74 Å². The Bertz CT molecular complexity index is 582. The molecule has 25 heavy (non-hydrogen) atoms. The van der Waals surface area contributed by atoms with Crippen molar-refractivity contribution in [1.29, 1.82) is 0 Å². The maximum absolute atomic E-state index is 12.0. The maximum Gasteiger partial charge on any atom is 0.321 e. The van der Waals surface area contributed by atoms with Crippen LogP contribution in [0, 0.1) is 0 Å². The van der Waals surface area contributed by atoms with Crippen molar-refractivity contribution < 1.29 is 19.1 Å². The van der Waals surface area contributed by atoms with Crippen molar-refractivity contribution in [2.24, 2.45) is 0 Å². The van der Waals surface area contributed by atoms with Crippen LogP contribution in [0.4, 0.5) is 4.79 Å². The molecular weight excluding hydrogens is 320 g/mol. The average Bonchev–Trinajstić information content (AvgIpc) is 2.61. The summed E-state index contributed by atoms with van der Waals surface area (Å²) in [4.78, 5) is 35.6. The van der Waals surface area contributed by atoms with E-state index in [0.29, 0.717) is 6.42 Å². The molecule has 0 spiro atoms. The minimum Gasteiger partial charge on any atom is -0.453 e. The molecule has 2 rings (SSSR count).